The molecular formula is C24H21ClN2O2S. The van der Waals surface area contributed by atoms with Crippen LogP contribution in [0.25, 0.3) is 0 Å². The lowest BCUT2D eigenvalue weighted by Gasteiger charge is -2.26. The van der Waals surface area contributed by atoms with E-state index in [1.165, 1.54) is 5.56 Å². The number of carbonyl (C=O) groups is 2. The molecule has 0 aliphatic carbocycles. The Bertz CT molecular complexity index is 1100. The van der Waals surface area contributed by atoms with E-state index in [1.807, 2.05) is 55.1 Å². The standard InChI is InChI=1S/C24H21ClN2O2S/c1-15-3-12-21(16(2)13-15)27-22(28)14-30-24(27)18-6-10-20(11-7-18)26-23(29)17-4-8-19(25)9-5-17/h3-13,24H,14H2,1-2H3,(H,26,29). The summed E-state index contributed by atoms with van der Waals surface area (Å²) in [6.45, 7) is 4.08. The van der Waals surface area contributed by atoms with Gasteiger partial charge in [-0.1, -0.05) is 41.4 Å². The van der Waals surface area contributed by atoms with Crippen LogP contribution in [-0.2, 0) is 4.79 Å². The summed E-state index contributed by atoms with van der Waals surface area (Å²) in [7, 11) is 0. The second-order valence-corrected chi connectivity index (χ2v) is 8.81. The van der Waals surface area contributed by atoms with Gasteiger partial charge in [0.15, 0.2) is 0 Å². The maximum atomic E-state index is 12.6. The third-order valence-electron chi connectivity index (χ3n) is 5.04. The van der Waals surface area contributed by atoms with Crippen molar-refractivity contribution in [1.29, 1.82) is 0 Å². The summed E-state index contributed by atoms with van der Waals surface area (Å²) >= 11 is 7.49. The zero-order chi connectivity index (χ0) is 21.3. The van der Waals surface area contributed by atoms with Crippen molar-refractivity contribution in [3.8, 4) is 0 Å². The quantitative estimate of drug-likeness (QED) is 0.546. The zero-order valence-corrected chi connectivity index (χ0v) is 18.3. The van der Waals surface area contributed by atoms with Crippen molar-refractivity contribution < 1.29 is 9.59 Å². The Morgan fingerprint density at radius 1 is 1.03 bits per heavy atom. The van der Waals surface area contributed by atoms with Gasteiger partial charge in [-0.15, -0.1) is 11.8 Å². The van der Waals surface area contributed by atoms with Gasteiger partial charge in [0.1, 0.15) is 5.37 Å². The average molecular weight is 437 g/mol. The van der Waals surface area contributed by atoms with Gasteiger partial charge in [0, 0.05) is 22.0 Å². The van der Waals surface area contributed by atoms with Crippen molar-refractivity contribution in [2.45, 2.75) is 19.2 Å². The first-order chi connectivity index (χ1) is 14.4. The van der Waals surface area contributed by atoms with Crippen molar-refractivity contribution in [2.75, 3.05) is 16.0 Å². The number of hydrogen-bond acceptors (Lipinski definition) is 3. The SMILES string of the molecule is Cc1ccc(N2C(=O)CSC2c2ccc(NC(=O)c3ccc(Cl)cc3)cc2)c(C)c1. The number of amides is 2. The smallest absolute Gasteiger partial charge is 0.255 e. The normalized spacial score (nSPS) is 16.0. The molecule has 0 bridgehead atoms. The third-order valence-corrected chi connectivity index (χ3v) is 6.50. The van der Waals surface area contributed by atoms with E-state index in [9.17, 15) is 9.59 Å². The molecule has 0 spiro atoms. The molecule has 0 radical (unpaired) electrons. The van der Waals surface area contributed by atoms with Gasteiger partial charge in [-0.25, -0.2) is 0 Å². The summed E-state index contributed by atoms with van der Waals surface area (Å²) < 4.78 is 0. The van der Waals surface area contributed by atoms with Gasteiger partial charge in [0.2, 0.25) is 5.91 Å². The lowest BCUT2D eigenvalue weighted by Crippen LogP contribution is -2.28. The highest BCUT2D eigenvalue weighted by molar-refractivity contribution is 8.00. The first-order valence-corrected chi connectivity index (χ1v) is 11.0. The minimum atomic E-state index is -0.193. The highest BCUT2D eigenvalue weighted by Crippen LogP contribution is 2.43. The highest BCUT2D eigenvalue weighted by Gasteiger charge is 2.34. The summed E-state index contributed by atoms with van der Waals surface area (Å²) in [5.74, 6) is 0.367. The number of aryl methyl sites for hydroxylation is 2. The van der Waals surface area contributed by atoms with Crippen LogP contribution in [0, 0.1) is 13.8 Å². The molecule has 1 saturated heterocycles. The van der Waals surface area contributed by atoms with Crippen LogP contribution in [0.3, 0.4) is 0 Å². The fraction of sp³-hybridized carbons (Fsp3) is 0.167. The number of halogens is 1. The van der Waals surface area contributed by atoms with Crippen molar-refractivity contribution >= 4 is 46.6 Å². The van der Waals surface area contributed by atoms with E-state index in [-0.39, 0.29) is 17.2 Å². The molecule has 4 rings (SSSR count). The molecule has 1 N–H and O–H groups in total. The number of rotatable bonds is 4. The van der Waals surface area contributed by atoms with E-state index in [4.69, 9.17) is 11.6 Å². The van der Waals surface area contributed by atoms with Gasteiger partial charge < -0.3 is 5.32 Å². The largest absolute Gasteiger partial charge is 0.322 e. The zero-order valence-electron chi connectivity index (χ0n) is 16.7. The fourth-order valence-electron chi connectivity index (χ4n) is 3.54. The minimum Gasteiger partial charge on any atom is -0.322 e. The van der Waals surface area contributed by atoms with Crippen LogP contribution in [0.2, 0.25) is 5.02 Å². The Balaban J connectivity index is 1.53. The second kappa shape index (κ2) is 8.54. The molecule has 0 saturated carbocycles. The van der Waals surface area contributed by atoms with E-state index >= 15 is 0 Å². The summed E-state index contributed by atoms with van der Waals surface area (Å²) in [6.07, 6.45) is 0. The molecule has 6 heteroatoms. The number of thioether (sulfide) groups is 1. The molecule has 1 aliphatic heterocycles. The number of nitrogens with one attached hydrogen (secondary N) is 1. The number of benzene rings is 3. The van der Waals surface area contributed by atoms with Crippen molar-refractivity contribution in [3.05, 3.63) is 94.0 Å². The minimum absolute atomic E-state index is 0.0834. The fourth-order valence-corrected chi connectivity index (χ4v) is 4.84. The van der Waals surface area contributed by atoms with Gasteiger partial charge in [0.05, 0.1) is 5.75 Å². The van der Waals surface area contributed by atoms with Crippen LogP contribution < -0.4 is 10.2 Å². The van der Waals surface area contributed by atoms with Gasteiger partial charge >= 0.3 is 0 Å². The van der Waals surface area contributed by atoms with Crippen LogP contribution in [0.5, 0.6) is 0 Å². The van der Waals surface area contributed by atoms with Crippen molar-refractivity contribution in [3.63, 3.8) is 0 Å². The van der Waals surface area contributed by atoms with Crippen LogP contribution in [0.15, 0.2) is 66.7 Å². The van der Waals surface area contributed by atoms with Gasteiger partial charge in [0.25, 0.3) is 5.91 Å². The van der Waals surface area contributed by atoms with Crippen LogP contribution in [-0.4, -0.2) is 17.6 Å². The Hall–Kier alpha value is -2.76. The summed E-state index contributed by atoms with van der Waals surface area (Å²) in [5, 5.41) is 3.40. The molecule has 1 heterocycles. The predicted octanol–water partition coefficient (Wildman–Crippen LogP) is 5.99. The Morgan fingerprint density at radius 3 is 2.40 bits per heavy atom. The first-order valence-electron chi connectivity index (χ1n) is 9.60. The van der Waals surface area contributed by atoms with E-state index in [0.29, 0.717) is 22.0 Å². The summed E-state index contributed by atoms with van der Waals surface area (Å²) in [6, 6.07) is 20.6. The first kappa shape index (κ1) is 20.5. The molecular weight excluding hydrogens is 416 g/mol. The molecule has 0 aromatic heterocycles. The molecule has 3 aromatic rings. The molecule has 1 unspecified atom stereocenters. The van der Waals surface area contributed by atoms with E-state index in [2.05, 4.69) is 11.4 Å². The number of nitrogens with zero attached hydrogens (tertiary/aromatic N) is 1. The third kappa shape index (κ3) is 4.23. The molecule has 1 aliphatic rings. The number of anilines is 2. The van der Waals surface area contributed by atoms with E-state index in [1.54, 1.807) is 36.0 Å². The number of hydrogen-bond donors (Lipinski definition) is 1. The molecule has 3 aromatic carbocycles. The maximum Gasteiger partial charge on any atom is 0.255 e. The van der Waals surface area contributed by atoms with Crippen molar-refractivity contribution in [1.82, 2.24) is 0 Å². The maximum absolute atomic E-state index is 12.6. The van der Waals surface area contributed by atoms with Crippen LogP contribution >= 0.6 is 23.4 Å². The Labute approximate surface area is 185 Å². The molecule has 1 fully saturated rings. The molecule has 30 heavy (non-hydrogen) atoms. The summed E-state index contributed by atoms with van der Waals surface area (Å²) in [4.78, 5) is 26.9. The molecule has 1 atom stereocenters. The Kier molecular flexibility index (Phi) is 5.84. The van der Waals surface area contributed by atoms with Crippen LogP contribution in [0.4, 0.5) is 11.4 Å². The Morgan fingerprint density at radius 2 is 1.73 bits per heavy atom. The topological polar surface area (TPSA) is 49.4 Å². The van der Waals surface area contributed by atoms with Crippen LogP contribution in [0.1, 0.15) is 32.4 Å². The predicted molar refractivity (Wildman–Crippen MR) is 124 cm³/mol. The van der Waals surface area contributed by atoms with E-state index < -0.39 is 0 Å². The lowest BCUT2D eigenvalue weighted by molar-refractivity contribution is -0.115. The monoisotopic (exact) mass is 436 g/mol. The van der Waals surface area contributed by atoms with Crippen molar-refractivity contribution in [2.24, 2.45) is 0 Å². The van der Waals surface area contributed by atoms with E-state index in [0.717, 1.165) is 16.8 Å². The highest BCUT2D eigenvalue weighted by atomic mass is 35.5. The average Bonchev–Trinajstić information content (AvgIpc) is 3.10. The lowest BCUT2D eigenvalue weighted by atomic mass is 10.1. The van der Waals surface area contributed by atoms with Gasteiger partial charge in [-0.3, -0.25) is 14.5 Å². The summed E-state index contributed by atoms with van der Waals surface area (Å²) in [5.41, 5.74) is 5.47. The number of carbonyl (C=O) groups excluding carboxylic acids is 2. The molecule has 152 valence electrons. The molecule has 4 nitrogen and oxygen atoms in total. The second-order valence-electron chi connectivity index (χ2n) is 7.30. The van der Waals surface area contributed by atoms with Gasteiger partial charge in [-0.05, 0) is 67.4 Å². The van der Waals surface area contributed by atoms with Gasteiger partial charge in [-0.2, -0.15) is 0 Å². The molecule has 2 amide bonds.